The van der Waals surface area contributed by atoms with Crippen LogP contribution in [-0.4, -0.2) is 0 Å². The summed E-state index contributed by atoms with van der Waals surface area (Å²) in [5.41, 5.74) is 7.90. The van der Waals surface area contributed by atoms with Crippen LogP contribution in [0.25, 0.3) is 0 Å². The van der Waals surface area contributed by atoms with Crippen molar-refractivity contribution in [3.63, 3.8) is 0 Å². The van der Waals surface area contributed by atoms with E-state index in [4.69, 9.17) is 5.73 Å². The van der Waals surface area contributed by atoms with Gasteiger partial charge in [-0.3, -0.25) is 0 Å². The Bertz CT molecular complexity index is 257. The van der Waals surface area contributed by atoms with Crippen molar-refractivity contribution in [3.05, 3.63) is 35.7 Å². The average Bonchev–Trinajstić information content (AvgIpc) is 2.62. The summed E-state index contributed by atoms with van der Waals surface area (Å²) in [6.45, 7) is 0. The van der Waals surface area contributed by atoms with Crippen molar-refractivity contribution >= 4 is 5.69 Å². The molecule has 13 heavy (non-hydrogen) atoms. The molecule has 1 aromatic carbocycles. The van der Waals surface area contributed by atoms with Crippen molar-refractivity contribution in [2.75, 3.05) is 5.73 Å². The molecule has 2 rings (SSSR count). The number of benzene rings is 1. The van der Waals surface area contributed by atoms with Crippen LogP contribution in [0.2, 0.25) is 0 Å². The summed E-state index contributed by atoms with van der Waals surface area (Å²) in [6, 6.07) is 8.26. The Morgan fingerprint density at radius 2 is 1.62 bits per heavy atom. The molecule has 0 amide bonds. The highest BCUT2D eigenvalue weighted by Crippen LogP contribution is 2.29. The molecule has 2 N–H and O–H groups in total. The first-order chi connectivity index (χ1) is 6.34. The zero-order chi connectivity index (χ0) is 9.10. The zero-order valence-corrected chi connectivity index (χ0v) is 7.92. The lowest BCUT2D eigenvalue weighted by atomic mass is 9.98. The summed E-state index contributed by atoms with van der Waals surface area (Å²) in [5.74, 6) is 1.71. The molecular formula is C12H16N. The number of hydrogen-bond donors (Lipinski definition) is 1. The maximum atomic E-state index is 5.63. The van der Waals surface area contributed by atoms with Gasteiger partial charge in [-0.15, -0.1) is 0 Å². The minimum Gasteiger partial charge on any atom is -0.399 e. The Kier molecular flexibility index (Phi) is 2.53. The van der Waals surface area contributed by atoms with E-state index in [9.17, 15) is 0 Å². The van der Waals surface area contributed by atoms with E-state index in [2.05, 4.69) is 12.1 Å². The molecule has 1 aliphatic carbocycles. The van der Waals surface area contributed by atoms with Crippen LogP contribution in [0, 0.1) is 5.92 Å². The molecule has 0 aliphatic heterocycles. The van der Waals surface area contributed by atoms with E-state index in [0.29, 0.717) is 0 Å². The Morgan fingerprint density at radius 3 is 2.23 bits per heavy atom. The van der Waals surface area contributed by atoms with Crippen LogP contribution in [0.5, 0.6) is 0 Å². The van der Waals surface area contributed by atoms with Crippen molar-refractivity contribution in [2.45, 2.75) is 32.1 Å². The summed E-state index contributed by atoms with van der Waals surface area (Å²) in [4.78, 5) is 0. The Labute approximate surface area is 80.0 Å². The molecule has 0 spiro atoms. The third-order valence-corrected chi connectivity index (χ3v) is 2.74. The highest BCUT2D eigenvalue weighted by molar-refractivity contribution is 5.39. The second kappa shape index (κ2) is 3.82. The third kappa shape index (κ3) is 2.24. The molecule has 1 aromatic rings. The van der Waals surface area contributed by atoms with Gasteiger partial charge in [0.25, 0.3) is 0 Å². The van der Waals surface area contributed by atoms with Gasteiger partial charge in [0.1, 0.15) is 0 Å². The second-order valence-corrected chi connectivity index (χ2v) is 3.88. The molecule has 0 saturated heterocycles. The van der Waals surface area contributed by atoms with Crippen molar-refractivity contribution in [1.82, 2.24) is 0 Å². The van der Waals surface area contributed by atoms with E-state index < -0.39 is 0 Å². The largest absolute Gasteiger partial charge is 0.399 e. The summed E-state index contributed by atoms with van der Waals surface area (Å²) in [5, 5.41) is 0. The highest BCUT2D eigenvalue weighted by atomic mass is 14.5. The van der Waals surface area contributed by atoms with E-state index in [1.54, 1.807) is 5.92 Å². The molecule has 0 aromatic heterocycles. The maximum absolute atomic E-state index is 5.63. The lowest BCUT2D eigenvalue weighted by Gasteiger charge is -2.07. The molecule has 0 heterocycles. The average molecular weight is 174 g/mol. The van der Waals surface area contributed by atoms with Gasteiger partial charge >= 0.3 is 0 Å². The van der Waals surface area contributed by atoms with Gasteiger partial charge in [0.15, 0.2) is 0 Å². The number of anilines is 1. The molecule has 1 fully saturated rings. The fraction of sp³-hybridized carbons (Fsp3) is 0.417. The van der Waals surface area contributed by atoms with Crippen LogP contribution < -0.4 is 5.73 Å². The lowest BCUT2D eigenvalue weighted by molar-refractivity contribution is 0.838. The third-order valence-electron chi connectivity index (χ3n) is 2.74. The molecule has 1 aliphatic rings. The minimum atomic E-state index is 0.861. The molecule has 1 nitrogen and oxygen atoms in total. The standard InChI is InChI=1S/C12H16N/c13-12-7-5-11(6-8-12)9-10-3-1-2-4-10/h5-8H,1-4,9,13H2. The summed E-state index contributed by atoms with van der Waals surface area (Å²) < 4.78 is 0. The predicted molar refractivity (Wildman–Crippen MR) is 56.3 cm³/mol. The smallest absolute Gasteiger partial charge is 0.0314 e. The van der Waals surface area contributed by atoms with Crippen LogP contribution in [0.15, 0.2) is 24.3 Å². The normalized spacial score (nSPS) is 17.8. The SMILES string of the molecule is Nc1ccc(C[C]2CCCC2)cc1. The maximum Gasteiger partial charge on any atom is 0.0314 e. The van der Waals surface area contributed by atoms with Crippen LogP contribution in [0.1, 0.15) is 31.2 Å². The number of rotatable bonds is 2. The van der Waals surface area contributed by atoms with Crippen molar-refractivity contribution < 1.29 is 0 Å². The Balaban J connectivity index is 1.97. The van der Waals surface area contributed by atoms with Crippen molar-refractivity contribution in [1.29, 1.82) is 0 Å². The van der Waals surface area contributed by atoms with E-state index in [1.165, 1.54) is 37.7 Å². The fourth-order valence-corrected chi connectivity index (χ4v) is 1.98. The highest BCUT2D eigenvalue weighted by Gasteiger charge is 2.15. The number of nitrogens with two attached hydrogens (primary N) is 1. The van der Waals surface area contributed by atoms with E-state index in [0.717, 1.165) is 5.69 Å². The molecule has 0 atom stereocenters. The Hall–Kier alpha value is -0.980. The second-order valence-electron chi connectivity index (χ2n) is 3.88. The van der Waals surface area contributed by atoms with Crippen molar-refractivity contribution in [3.8, 4) is 0 Å². The quantitative estimate of drug-likeness (QED) is 0.685. The summed E-state index contributed by atoms with van der Waals surface area (Å²) in [7, 11) is 0. The summed E-state index contributed by atoms with van der Waals surface area (Å²) >= 11 is 0. The summed E-state index contributed by atoms with van der Waals surface area (Å²) in [6.07, 6.45) is 6.63. The predicted octanol–water partition coefficient (Wildman–Crippen LogP) is 2.96. The monoisotopic (exact) mass is 174 g/mol. The van der Waals surface area contributed by atoms with Gasteiger partial charge in [0.2, 0.25) is 0 Å². The minimum absolute atomic E-state index is 0.861. The molecule has 0 bridgehead atoms. The molecule has 1 heteroatoms. The lowest BCUT2D eigenvalue weighted by Crippen LogP contribution is -1.96. The first-order valence-electron chi connectivity index (χ1n) is 5.02. The van der Waals surface area contributed by atoms with Crippen LogP contribution in [0.3, 0.4) is 0 Å². The first-order valence-corrected chi connectivity index (χ1v) is 5.02. The topological polar surface area (TPSA) is 26.0 Å². The Morgan fingerprint density at radius 1 is 1.00 bits per heavy atom. The van der Waals surface area contributed by atoms with Gasteiger partial charge in [-0.25, -0.2) is 0 Å². The van der Waals surface area contributed by atoms with E-state index in [1.807, 2.05) is 12.1 Å². The van der Waals surface area contributed by atoms with Crippen molar-refractivity contribution in [2.24, 2.45) is 0 Å². The van der Waals surface area contributed by atoms with Gasteiger partial charge in [-0.2, -0.15) is 0 Å². The fourth-order valence-electron chi connectivity index (χ4n) is 1.98. The number of nitrogen functional groups attached to an aromatic ring is 1. The molecule has 1 radical (unpaired) electrons. The van der Waals surface area contributed by atoms with Gasteiger partial charge in [-0.05, 0) is 42.9 Å². The van der Waals surface area contributed by atoms with Crippen LogP contribution in [0.4, 0.5) is 5.69 Å². The molecular weight excluding hydrogens is 158 g/mol. The van der Waals surface area contributed by atoms with Gasteiger partial charge in [0, 0.05) is 5.69 Å². The van der Waals surface area contributed by atoms with Crippen LogP contribution in [-0.2, 0) is 6.42 Å². The molecule has 0 unspecified atom stereocenters. The molecule has 69 valence electrons. The van der Waals surface area contributed by atoms with Crippen LogP contribution >= 0.6 is 0 Å². The number of hydrogen-bond acceptors (Lipinski definition) is 1. The first kappa shape index (κ1) is 8.61. The zero-order valence-electron chi connectivity index (χ0n) is 7.92. The van der Waals surface area contributed by atoms with Gasteiger partial charge in [0.05, 0.1) is 0 Å². The van der Waals surface area contributed by atoms with Gasteiger partial charge in [-0.1, -0.05) is 25.0 Å². The van der Waals surface area contributed by atoms with Gasteiger partial charge < -0.3 is 5.73 Å². The van der Waals surface area contributed by atoms with E-state index >= 15 is 0 Å². The molecule has 1 saturated carbocycles. The van der Waals surface area contributed by atoms with E-state index in [-0.39, 0.29) is 0 Å².